The second-order valence-electron chi connectivity index (χ2n) is 7.32. The van der Waals surface area contributed by atoms with Gasteiger partial charge in [-0.2, -0.15) is 0 Å². The Labute approximate surface area is 165 Å². The van der Waals surface area contributed by atoms with Crippen LogP contribution in [0.1, 0.15) is 47.4 Å². The number of nitrogens with zero attached hydrogens (tertiary/aromatic N) is 1. The zero-order valence-electron chi connectivity index (χ0n) is 16.6. The summed E-state index contributed by atoms with van der Waals surface area (Å²) in [4.78, 5) is 26.8. The van der Waals surface area contributed by atoms with Gasteiger partial charge in [-0.15, -0.1) is 0 Å². The first-order valence-electron chi connectivity index (χ1n) is 9.80. The van der Waals surface area contributed by atoms with E-state index in [0.29, 0.717) is 36.8 Å². The number of nitrogens with one attached hydrogen (secondary N) is 1. The van der Waals surface area contributed by atoms with Gasteiger partial charge in [0.15, 0.2) is 0 Å². The van der Waals surface area contributed by atoms with Crippen molar-refractivity contribution in [1.82, 2.24) is 10.2 Å². The first-order chi connectivity index (χ1) is 13.6. The van der Waals surface area contributed by atoms with E-state index < -0.39 is 0 Å². The van der Waals surface area contributed by atoms with Gasteiger partial charge in [-0.3, -0.25) is 9.59 Å². The fourth-order valence-corrected chi connectivity index (χ4v) is 3.67. The summed E-state index contributed by atoms with van der Waals surface area (Å²) in [6.45, 7) is 3.76. The van der Waals surface area contributed by atoms with Crippen LogP contribution in [0.4, 0.5) is 0 Å². The minimum Gasteiger partial charge on any atom is -0.497 e. The van der Waals surface area contributed by atoms with Crippen LogP contribution in [0.2, 0.25) is 0 Å². The molecule has 0 spiro atoms. The second-order valence-corrected chi connectivity index (χ2v) is 7.32. The van der Waals surface area contributed by atoms with E-state index in [-0.39, 0.29) is 11.8 Å². The Morgan fingerprint density at radius 2 is 2.18 bits per heavy atom. The minimum absolute atomic E-state index is 0.0263. The Kier molecular flexibility index (Phi) is 6.74. The molecule has 150 valence electrons. The molecule has 0 unspecified atom stereocenters. The summed E-state index contributed by atoms with van der Waals surface area (Å²) >= 11 is 0. The Bertz CT molecular complexity index is 814. The standard InChI is InChI=1S/C22H28N2O4/c1-16-20(10-12-28-16)22(26)24-11-4-6-17(15-24)8-9-21(25)23-14-18-5-3-7-19(13-18)27-2/h3,5,7,10,12-13,17H,4,6,8-9,11,14-15H2,1-2H3,(H,23,25)/t17-/m1/s1. The van der Waals surface area contributed by atoms with Gasteiger partial charge in [0, 0.05) is 26.1 Å². The highest BCUT2D eigenvalue weighted by atomic mass is 16.5. The topological polar surface area (TPSA) is 71.8 Å². The average Bonchev–Trinajstić information content (AvgIpc) is 3.16. The van der Waals surface area contributed by atoms with E-state index in [9.17, 15) is 9.59 Å². The number of rotatable bonds is 7. The van der Waals surface area contributed by atoms with Gasteiger partial charge in [0.1, 0.15) is 11.5 Å². The van der Waals surface area contributed by atoms with Crippen LogP contribution < -0.4 is 10.1 Å². The lowest BCUT2D eigenvalue weighted by molar-refractivity contribution is -0.121. The molecule has 1 aromatic carbocycles. The van der Waals surface area contributed by atoms with Crippen molar-refractivity contribution in [2.45, 2.75) is 39.2 Å². The molecule has 2 heterocycles. The van der Waals surface area contributed by atoms with Crippen LogP contribution in [0.15, 0.2) is 41.0 Å². The lowest BCUT2D eigenvalue weighted by Crippen LogP contribution is -2.40. The summed E-state index contributed by atoms with van der Waals surface area (Å²) < 4.78 is 10.5. The van der Waals surface area contributed by atoms with Crippen molar-refractivity contribution in [1.29, 1.82) is 0 Å². The van der Waals surface area contributed by atoms with Gasteiger partial charge >= 0.3 is 0 Å². The van der Waals surface area contributed by atoms with E-state index in [4.69, 9.17) is 9.15 Å². The predicted molar refractivity (Wildman–Crippen MR) is 106 cm³/mol. The number of amides is 2. The Morgan fingerprint density at radius 3 is 2.93 bits per heavy atom. The SMILES string of the molecule is COc1cccc(CNC(=O)CC[C@H]2CCCN(C(=O)c3ccoc3C)C2)c1. The highest BCUT2D eigenvalue weighted by Crippen LogP contribution is 2.23. The minimum atomic E-state index is 0.0263. The fraction of sp³-hybridized carbons (Fsp3) is 0.455. The molecular weight excluding hydrogens is 356 g/mol. The first-order valence-corrected chi connectivity index (χ1v) is 9.80. The Balaban J connectivity index is 1.44. The van der Waals surface area contributed by atoms with Gasteiger partial charge < -0.3 is 19.4 Å². The van der Waals surface area contributed by atoms with Crippen molar-refractivity contribution in [3.05, 3.63) is 53.5 Å². The second kappa shape index (κ2) is 9.44. The van der Waals surface area contributed by atoms with Crippen molar-refractivity contribution in [2.24, 2.45) is 5.92 Å². The van der Waals surface area contributed by atoms with Crippen LogP contribution >= 0.6 is 0 Å². The number of methoxy groups -OCH3 is 1. The van der Waals surface area contributed by atoms with Gasteiger partial charge in [0.05, 0.1) is 18.9 Å². The summed E-state index contributed by atoms with van der Waals surface area (Å²) in [5, 5.41) is 2.97. The van der Waals surface area contributed by atoms with Crippen LogP contribution in [-0.2, 0) is 11.3 Å². The number of carbonyl (C=O) groups excluding carboxylic acids is 2. The highest BCUT2D eigenvalue weighted by molar-refractivity contribution is 5.95. The van der Waals surface area contributed by atoms with E-state index in [2.05, 4.69) is 5.32 Å². The summed E-state index contributed by atoms with van der Waals surface area (Å²) in [5.74, 6) is 1.86. The molecule has 1 aliphatic rings. The number of hydrogen-bond donors (Lipinski definition) is 1. The predicted octanol–water partition coefficient (Wildman–Crippen LogP) is 3.55. The van der Waals surface area contributed by atoms with Crippen LogP contribution in [0.3, 0.4) is 0 Å². The molecule has 0 radical (unpaired) electrons. The maximum Gasteiger partial charge on any atom is 0.257 e. The number of carbonyl (C=O) groups is 2. The van der Waals surface area contributed by atoms with Gasteiger partial charge in [-0.1, -0.05) is 12.1 Å². The van der Waals surface area contributed by atoms with Gasteiger partial charge in [-0.25, -0.2) is 0 Å². The van der Waals surface area contributed by atoms with E-state index in [1.54, 1.807) is 26.4 Å². The monoisotopic (exact) mass is 384 g/mol. The first kappa shape index (κ1) is 20.0. The quantitative estimate of drug-likeness (QED) is 0.792. The molecule has 1 fully saturated rings. The van der Waals surface area contributed by atoms with Gasteiger partial charge in [-0.05, 0) is 55.9 Å². The highest BCUT2D eigenvalue weighted by Gasteiger charge is 2.26. The zero-order chi connectivity index (χ0) is 19.9. The molecule has 0 saturated carbocycles. The lowest BCUT2D eigenvalue weighted by atomic mass is 9.93. The molecule has 28 heavy (non-hydrogen) atoms. The number of aryl methyl sites for hydroxylation is 1. The van der Waals surface area contributed by atoms with Crippen LogP contribution in [-0.4, -0.2) is 36.9 Å². The van der Waals surface area contributed by atoms with Crippen molar-refractivity contribution in [2.75, 3.05) is 20.2 Å². The third-order valence-electron chi connectivity index (χ3n) is 5.30. The van der Waals surface area contributed by atoms with Crippen molar-refractivity contribution in [3.63, 3.8) is 0 Å². The maximum absolute atomic E-state index is 12.7. The van der Waals surface area contributed by atoms with Gasteiger partial charge in [0.25, 0.3) is 5.91 Å². The molecule has 1 atom stereocenters. The molecule has 1 aliphatic heterocycles. The Hall–Kier alpha value is -2.76. The molecule has 6 nitrogen and oxygen atoms in total. The van der Waals surface area contributed by atoms with E-state index in [0.717, 1.165) is 37.1 Å². The molecule has 2 amide bonds. The molecule has 1 aromatic heterocycles. The summed E-state index contributed by atoms with van der Waals surface area (Å²) in [7, 11) is 1.63. The molecule has 2 aromatic rings. The number of piperidine rings is 1. The summed E-state index contributed by atoms with van der Waals surface area (Å²) in [6.07, 6.45) is 4.84. The number of ether oxygens (including phenoxy) is 1. The average molecular weight is 384 g/mol. The molecule has 6 heteroatoms. The maximum atomic E-state index is 12.7. The summed E-state index contributed by atoms with van der Waals surface area (Å²) in [6, 6.07) is 9.41. The van der Waals surface area contributed by atoms with Crippen LogP contribution in [0.5, 0.6) is 5.75 Å². The molecule has 0 bridgehead atoms. The van der Waals surface area contributed by atoms with Crippen LogP contribution in [0, 0.1) is 12.8 Å². The zero-order valence-corrected chi connectivity index (χ0v) is 16.6. The van der Waals surface area contributed by atoms with E-state index in [1.807, 2.05) is 29.2 Å². The summed E-state index contributed by atoms with van der Waals surface area (Å²) in [5.41, 5.74) is 1.65. The normalized spacial score (nSPS) is 16.6. The Morgan fingerprint density at radius 1 is 1.32 bits per heavy atom. The molecular formula is C22H28N2O4. The van der Waals surface area contributed by atoms with Crippen molar-refractivity contribution >= 4 is 11.8 Å². The van der Waals surface area contributed by atoms with Crippen molar-refractivity contribution in [3.8, 4) is 5.75 Å². The lowest BCUT2D eigenvalue weighted by Gasteiger charge is -2.32. The third-order valence-corrected chi connectivity index (χ3v) is 5.30. The number of benzene rings is 1. The smallest absolute Gasteiger partial charge is 0.257 e. The van der Waals surface area contributed by atoms with Gasteiger partial charge in [0.2, 0.25) is 5.91 Å². The largest absolute Gasteiger partial charge is 0.497 e. The number of hydrogen-bond acceptors (Lipinski definition) is 4. The number of furan rings is 1. The van der Waals surface area contributed by atoms with E-state index in [1.165, 1.54) is 0 Å². The van der Waals surface area contributed by atoms with E-state index >= 15 is 0 Å². The fourth-order valence-electron chi connectivity index (χ4n) is 3.67. The number of likely N-dealkylation sites (tertiary alicyclic amines) is 1. The molecule has 1 saturated heterocycles. The molecule has 1 N–H and O–H groups in total. The third kappa shape index (κ3) is 5.15. The van der Waals surface area contributed by atoms with Crippen LogP contribution in [0.25, 0.3) is 0 Å². The van der Waals surface area contributed by atoms with Crippen molar-refractivity contribution < 1.29 is 18.7 Å². The molecule has 0 aliphatic carbocycles. The molecule has 3 rings (SSSR count).